The monoisotopic (exact) mass is 186 g/mol. The number of benzene rings is 1. The summed E-state index contributed by atoms with van der Waals surface area (Å²) in [5.74, 6) is -0.366. The highest BCUT2D eigenvalue weighted by atomic mass is 32.2. The highest BCUT2D eigenvalue weighted by Crippen LogP contribution is 2.13. The predicted molar refractivity (Wildman–Crippen MR) is 48.1 cm³/mol. The van der Waals surface area contributed by atoms with E-state index in [0.717, 1.165) is 12.0 Å². The SMILES string of the molecule is CCc1ccc(S(C)=O)c(F)c1. The molecular weight excluding hydrogens is 175 g/mol. The summed E-state index contributed by atoms with van der Waals surface area (Å²) in [6.45, 7) is 1.96. The molecule has 1 atom stereocenters. The van der Waals surface area contributed by atoms with Crippen molar-refractivity contribution in [2.24, 2.45) is 0 Å². The topological polar surface area (TPSA) is 17.1 Å². The second kappa shape index (κ2) is 3.81. The lowest BCUT2D eigenvalue weighted by atomic mass is 10.2. The van der Waals surface area contributed by atoms with E-state index in [-0.39, 0.29) is 10.7 Å². The average Bonchev–Trinajstić information content (AvgIpc) is 2.03. The van der Waals surface area contributed by atoms with E-state index >= 15 is 0 Å². The highest BCUT2D eigenvalue weighted by molar-refractivity contribution is 7.84. The highest BCUT2D eigenvalue weighted by Gasteiger charge is 2.05. The molecule has 1 nitrogen and oxygen atoms in total. The minimum atomic E-state index is -1.23. The van der Waals surface area contributed by atoms with Gasteiger partial charge in [0.25, 0.3) is 0 Å². The summed E-state index contributed by atoms with van der Waals surface area (Å²) in [4.78, 5) is 0.284. The van der Waals surface area contributed by atoms with E-state index in [2.05, 4.69) is 0 Å². The maximum absolute atomic E-state index is 13.1. The largest absolute Gasteiger partial charge is 0.255 e. The van der Waals surface area contributed by atoms with Crippen LogP contribution in [0, 0.1) is 5.82 Å². The van der Waals surface area contributed by atoms with Gasteiger partial charge in [0.15, 0.2) is 0 Å². The Morgan fingerprint density at radius 2 is 2.17 bits per heavy atom. The molecule has 0 amide bonds. The summed E-state index contributed by atoms with van der Waals surface area (Å²) in [6.07, 6.45) is 2.28. The van der Waals surface area contributed by atoms with Crippen LogP contribution < -0.4 is 0 Å². The van der Waals surface area contributed by atoms with Gasteiger partial charge in [0.2, 0.25) is 0 Å². The lowest BCUT2D eigenvalue weighted by Crippen LogP contribution is -1.93. The summed E-state index contributed by atoms with van der Waals surface area (Å²) in [7, 11) is -1.23. The third-order valence-electron chi connectivity index (χ3n) is 1.71. The Balaban J connectivity index is 3.12. The first-order chi connectivity index (χ1) is 5.65. The number of hydrogen-bond donors (Lipinski definition) is 0. The first-order valence-electron chi connectivity index (χ1n) is 3.77. The van der Waals surface area contributed by atoms with Crippen LogP contribution in [0.2, 0.25) is 0 Å². The summed E-state index contributed by atoms with van der Waals surface area (Å²) < 4.78 is 24.0. The third kappa shape index (κ3) is 1.91. The van der Waals surface area contributed by atoms with Crippen molar-refractivity contribution < 1.29 is 8.60 Å². The first kappa shape index (κ1) is 9.39. The molecule has 66 valence electrons. The average molecular weight is 186 g/mol. The van der Waals surface area contributed by atoms with Crippen molar-refractivity contribution in [2.75, 3.05) is 6.26 Å². The van der Waals surface area contributed by atoms with Crippen LogP contribution in [-0.4, -0.2) is 10.5 Å². The van der Waals surface area contributed by atoms with Gasteiger partial charge in [-0.3, -0.25) is 4.21 Å². The van der Waals surface area contributed by atoms with E-state index in [4.69, 9.17) is 0 Å². The Labute approximate surface area is 74.1 Å². The van der Waals surface area contributed by atoms with E-state index in [9.17, 15) is 8.60 Å². The minimum absolute atomic E-state index is 0.284. The molecule has 0 aromatic heterocycles. The molecule has 0 aliphatic rings. The molecule has 0 bridgehead atoms. The van der Waals surface area contributed by atoms with Crippen LogP contribution in [0.1, 0.15) is 12.5 Å². The molecular formula is C9H11FOS. The van der Waals surface area contributed by atoms with Gasteiger partial charge in [-0.25, -0.2) is 4.39 Å². The lowest BCUT2D eigenvalue weighted by Gasteiger charge is -2.00. The molecule has 3 heteroatoms. The molecule has 0 saturated heterocycles. The molecule has 0 spiro atoms. The van der Waals surface area contributed by atoms with Gasteiger partial charge in [0.1, 0.15) is 5.82 Å². The standard InChI is InChI=1S/C9H11FOS/c1-3-7-4-5-9(12(2)11)8(10)6-7/h4-6H,3H2,1-2H3. The molecule has 0 heterocycles. The molecule has 0 radical (unpaired) electrons. The van der Waals surface area contributed by atoms with Crippen molar-refractivity contribution in [3.05, 3.63) is 29.6 Å². The van der Waals surface area contributed by atoms with Gasteiger partial charge in [0, 0.05) is 6.26 Å². The zero-order chi connectivity index (χ0) is 9.14. The summed E-state index contributed by atoms with van der Waals surface area (Å²) >= 11 is 0. The molecule has 1 aromatic rings. The molecule has 0 N–H and O–H groups in total. The smallest absolute Gasteiger partial charge is 0.139 e. The molecule has 1 unspecified atom stereocenters. The van der Waals surface area contributed by atoms with E-state index in [1.807, 2.05) is 6.92 Å². The Bertz CT molecular complexity index is 309. The maximum atomic E-state index is 13.1. The predicted octanol–water partition coefficient (Wildman–Crippen LogP) is 2.13. The van der Waals surface area contributed by atoms with Crippen molar-refractivity contribution in [1.82, 2.24) is 0 Å². The maximum Gasteiger partial charge on any atom is 0.139 e. The van der Waals surface area contributed by atoms with Crippen LogP contribution >= 0.6 is 0 Å². The van der Waals surface area contributed by atoms with Crippen molar-refractivity contribution in [2.45, 2.75) is 18.2 Å². The van der Waals surface area contributed by atoms with E-state index in [1.165, 1.54) is 12.3 Å². The Morgan fingerprint density at radius 1 is 1.50 bits per heavy atom. The van der Waals surface area contributed by atoms with Gasteiger partial charge < -0.3 is 0 Å². The second-order valence-corrected chi connectivity index (χ2v) is 3.92. The fourth-order valence-corrected chi connectivity index (χ4v) is 1.59. The van der Waals surface area contributed by atoms with Crippen molar-refractivity contribution in [3.8, 4) is 0 Å². The number of hydrogen-bond acceptors (Lipinski definition) is 1. The fourth-order valence-electron chi connectivity index (χ4n) is 0.997. The Morgan fingerprint density at radius 3 is 2.58 bits per heavy atom. The molecule has 0 fully saturated rings. The van der Waals surface area contributed by atoms with Crippen LogP contribution in [0.15, 0.2) is 23.1 Å². The zero-order valence-corrected chi connectivity index (χ0v) is 7.95. The summed E-state index contributed by atoms with van der Waals surface area (Å²) in [5, 5.41) is 0. The molecule has 0 aliphatic carbocycles. The summed E-state index contributed by atoms with van der Waals surface area (Å²) in [5.41, 5.74) is 0.932. The normalized spacial score (nSPS) is 12.9. The van der Waals surface area contributed by atoms with Crippen LogP contribution in [0.4, 0.5) is 4.39 Å². The van der Waals surface area contributed by atoms with Crippen LogP contribution in [0.3, 0.4) is 0 Å². The van der Waals surface area contributed by atoms with Crippen molar-refractivity contribution >= 4 is 10.8 Å². The number of aryl methyl sites for hydroxylation is 1. The fraction of sp³-hybridized carbons (Fsp3) is 0.333. The zero-order valence-electron chi connectivity index (χ0n) is 7.13. The van der Waals surface area contributed by atoms with Gasteiger partial charge in [0.05, 0.1) is 15.7 Å². The van der Waals surface area contributed by atoms with Crippen molar-refractivity contribution in [3.63, 3.8) is 0 Å². The quantitative estimate of drug-likeness (QED) is 0.691. The molecule has 0 saturated carbocycles. The van der Waals surface area contributed by atoms with Crippen LogP contribution in [0.5, 0.6) is 0 Å². The lowest BCUT2D eigenvalue weighted by molar-refractivity contribution is 0.594. The molecule has 12 heavy (non-hydrogen) atoms. The molecule has 1 rings (SSSR count). The van der Waals surface area contributed by atoms with Crippen LogP contribution in [0.25, 0.3) is 0 Å². The second-order valence-electron chi connectivity index (χ2n) is 2.57. The van der Waals surface area contributed by atoms with E-state index < -0.39 is 10.8 Å². The van der Waals surface area contributed by atoms with Gasteiger partial charge in [-0.15, -0.1) is 0 Å². The number of rotatable bonds is 2. The molecule has 0 aliphatic heterocycles. The third-order valence-corrected chi connectivity index (χ3v) is 2.66. The van der Waals surface area contributed by atoms with Crippen molar-refractivity contribution in [1.29, 1.82) is 0 Å². The van der Waals surface area contributed by atoms with E-state index in [1.54, 1.807) is 12.1 Å². The summed E-state index contributed by atoms with van der Waals surface area (Å²) in [6, 6.07) is 4.83. The molecule has 1 aromatic carbocycles. The Hall–Kier alpha value is -0.700. The van der Waals surface area contributed by atoms with Gasteiger partial charge in [-0.1, -0.05) is 13.0 Å². The Kier molecular flexibility index (Phi) is 2.98. The first-order valence-corrected chi connectivity index (χ1v) is 5.32. The van der Waals surface area contributed by atoms with E-state index in [0.29, 0.717) is 0 Å². The van der Waals surface area contributed by atoms with Gasteiger partial charge >= 0.3 is 0 Å². The van der Waals surface area contributed by atoms with Gasteiger partial charge in [-0.2, -0.15) is 0 Å². The van der Waals surface area contributed by atoms with Crippen LogP contribution in [-0.2, 0) is 17.2 Å². The number of halogens is 1. The van der Waals surface area contributed by atoms with Gasteiger partial charge in [-0.05, 0) is 24.1 Å². The minimum Gasteiger partial charge on any atom is -0.255 e.